The van der Waals surface area contributed by atoms with Gasteiger partial charge in [0.1, 0.15) is 11.6 Å². The van der Waals surface area contributed by atoms with Crippen molar-refractivity contribution in [1.82, 2.24) is 9.62 Å². The van der Waals surface area contributed by atoms with Crippen molar-refractivity contribution in [3.05, 3.63) is 59.7 Å². The van der Waals surface area contributed by atoms with Gasteiger partial charge in [0.15, 0.2) is 0 Å². The lowest BCUT2D eigenvalue weighted by Gasteiger charge is -2.21. The summed E-state index contributed by atoms with van der Waals surface area (Å²) < 4.78 is 53.7. The minimum atomic E-state index is -3.28. The Kier molecular flexibility index (Phi) is 6.12. The first-order valence-corrected chi connectivity index (χ1v) is 12.4. The first-order chi connectivity index (χ1) is 14.7. The summed E-state index contributed by atoms with van der Waals surface area (Å²) in [5, 5.41) is 0. The van der Waals surface area contributed by atoms with Crippen LogP contribution in [-0.4, -0.2) is 44.6 Å². The molecule has 31 heavy (non-hydrogen) atoms. The number of nitrogens with zero attached hydrogens (tertiary/aromatic N) is 1. The molecule has 5 nitrogen and oxygen atoms in total. The fraction of sp³-hybridized carbons (Fsp3) is 0.435. The van der Waals surface area contributed by atoms with E-state index in [1.807, 2.05) is 17.0 Å². The highest BCUT2D eigenvalue weighted by atomic mass is 32.2. The van der Waals surface area contributed by atoms with Gasteiger partial charge in [-0.1, -0.05) is 24.3 Å². The van der Waals surface area contributed by atoms with E-state index >= 15 is 0 Å². The highest BCUT2D eigenvalue weighted by Gasteiger charge is 2.46. The van der Waals surface area contributed by atoms with Gasteiger partial charge < -0.3 is 4.90 Å². The second-order valence-electron chi connectivity index (χ2n) is 8.50. The van der Waals surface area contributed by atoms with Crippen LogP contribution in [0.2, 0.25) is 0 Å². The summed E-state index contributed by atoms with van der Waals surface area (Å²) in [4.78, 5) is 14.9. The van der Waals surface area contributed by atoms with E-state index in [4.69, 9.17) is 0 Å². The molecule has 3 unspecified atom stereocenters. The van der Waals surface area contributed by atoms with Gasteiger partial charge in [0.05, 0.1) is 6.26 Å². The third-order valence-electron chi connectivity index (χ3n) is 6.11. The second-order valence-corrected chi connectivity index (χ2v) is 10.3. The lowest BCUT2D eigenvalue weighted by molar-refractivity contribution is -0.132. The van der Waals surface area contributed by atoms with E-state index in [1.54, 1.807) is 12.1 Å². The molecule has 3 atom stereocenters. The molecule has 0 radical (unpaired) electrons. The number of carbonyl (C=O) groups excluding carboxylic acids is 1. The molecule has 1 N–H and O–H groups in total. The third-order valence-corrected chi connectivity index (χ3v) is 6.87. The predicted octanol–water partition coefficient (Wildman–Crippen LogP) is 3.67. The number of carbonyl (C=O) groups is 1. The third kappa shape index (κ3) is 5.13. The molecule has 0 spiro atoms. The van der Waals surface area contributed by atoms with Crippen molar-refractivity contribution in [2.45, 2.75) is 37.6 Å². The summed E-state index contributed by atoms with van der Waals surface area (Å²) in [6.07, 6.45) is 3.85. The van der Waals surface area contributed by atoms with E-state index in [0.717, 1.165) is 30.4 Å². The van der Waals surface area contributed by atoms with Crippen molar-refractivity contribution in [3.8, 4) is 11.1 Å². The molecule has 2 aliphatic rings. The molecule has 1 aliphatic heterocycles. The van der Waals surface area contributed by atoms with Crippen LogP contribution in [0.3, 0.4) is 0 Å². The number of nitrogens with one attached hydrogen (secondary N) is 1. The Hall–Kier alpha value is -2.32. The minimum absolute atomic E-state index is 0.0282. The van der Waals surface area contributed by atoms with Crippen LogP contribution in [0.1, 0.15) is 37.2 Å². The van der Waals surface area contributed by atoms with Gasteiger partial charge in [-0.2, -0.15) is 0 Å². The van der Waals surface area contributed by atoms with Crippen LogP contribution >= 0.6 is 0 Å². The Labute approximate surface area is 181 Å². The van der Waals surface area contributed by atoms with Crippen LogP contribution in [0, 0.1) is 17.6 Å². The van der Waals surface area contributed by atoms with E-state index in [1.165, 1.54) is 6.07 Å². The molecule has 0 bridgehead atoms. The summed E-state index contributed by atoms with van der Waals surface area (Å²) in [6, 6.07) is 10.5. The molecular weight excluding hydrogens is 422 g/mol. The molecule has 0 aromatic heterocycles. The minimum Gasteiger partial charge on any atom is -0.342 e. The summed E-state index contributed by atoms with van der Waals surface area (Å²) in [5.41, 5.74) is 1.68. The van der Waals surface area contributed by atoms with Gasteiger partial charge in [-0.3, -0.25) is 4.79 Å². The maximum absolute atomic E-state index is 14.4. The van der Waals surface area contributed by atoms with Gasteiger partial charge in [-0.25, -0.2) is 21.9 Å². The van der Waals surface area contributed by atoms with Crippen molar-refractivity contribution in [1.29, 1.82) is 0 Å². The first kappa shape index (κ1) is 21.9. The largest absolute Gasteiger partial charge is 0.342 e. The van der Waals surface area contributed by atoms with Gasteiger partial charge in [0.2, 0.25) is 15.9 Å². The Bertz CT molecular complexity index is 1090. The zero-order valence-corrected chi connectivity index (χ0v) is 18.2. The van der Waals surface area contributed by atoms with Crippen LogP contribution in [0.4, 0.5) is 8.78 Å². The van der Waals surface area contributed by atoms with Gasteiger partial charge in [0.25, 0.3) is 0 Å². The number of likely N-dealkylation sites (tertiary alicyclic amines) is 1. The van der Waals surface area contributed by atoms with Gasteiger partial charge in [-0.15, -0.1) is 0 Å². The summed E-state index contributed by atoms with van der Waals surface area (Å²) in [5.74, 6) is -1.15. The average Bonchev–Trinajstić information content (AvgIpc) is 3.53. The highest BCUT2D eigenvalue weighted by molar-refractivity contribution is 7.88. The quantitative estimate of drug-likeness (QED) is 0.759. The van der Waals surface area contributed by atoms with Crippen molar-refractivity contribution in [3.63, 3.8) is 0 Å². The van der Waals surface area contributed by atoms with Gasteiger partial charge in [0, 0.05) is 30.6 Å². The number of hydrogen-bond acceptors (Lipinski definition) is 3. The Morgan fingerprint density at radius 2 is 1.84 bits per heavy atom. The van der Waals surface area contributed by atoms with E-state index in [-0.39, 0.29) is 29.3 Å². The molecule has 1 amide bonds. The first-order valence-electron chi connectivity index (χ1n) is 10.5. The lowest BCUT2D eigenvalue weighted by atomic mass is 9.95. The average molecular weight is 449 g/mol. The highest BCUT2D eigenvalue weighted by Crippen LogP contribution is 2.51. The van der Waals surface area contributed by atoms with Crippen LogP contribution in [0.5, 0.6) is 0 Å². The number of halogens is 2. The summed E-state index contributed by atoms with van der Waals surface area (Å²) in [7, 11) is -3.28. The molecular formula is C23H26F2N2O3S. The second kappa shape index (κ2) is 8.67. The molecule has 2 aromatic carbocycles. The van der Waals surface area contributed by atoms with E-state index < -0.39 is 21.7 Å². The van der Waals surface area contributed by atoms with Crippen molar-refractivity contribution in [2.24, 2.45) is 5.92 Å². The maximum Gasteiger partial charge on any atom is 0.226 e. The monoisotopic (exact) mass is 448 g/mol. The Morgan fingerprint density at radius 3 is 2.61 bits per heavy atom. The van der Waals surface area contributed by atoms with Crippen molar-refractivity contribution >= 4 is 15.9 Å². The van der Waals surface area contributed by atoms with Crippen LogP contribution in [-0.2, 0) is 14.8 Å². The molecule has 2 aromatic rings. The number of sulfonamides is 1. The number of benzene rings is 2. The molecule has 1 heterocycles. The molecule has 1 saturated heterocycles. The standard InChI is InChI=1S/C23H26F2N2O3S/c1-31(29,30)26-16-5-4-11-27(12-10-16)23(28)21-14-19(21)17-6-2-3-7-18(17)20-13-15(24)8-9-22(20)25/h2-3,6-9,13,16,19,21,26H,4-5,10-12,14H2,1H3. The molecule has 1 saturated carbocycles. The zero-order chi connectivity index (χ0) is 22.2. The van der Waals surface area contributed by atoms with Gasteiger partial charge >= 0.3 is 0 Å². The van der Waals surface area contributed by atoms with E-state index in [2.05, 4.69) is 4.72 Å². The number of rotatable bonds is 5. The molecule has 8 heteroatoms. The zero-order valence-electron chi connectivity index (χ0n) is 17.4. The molecule has 4 rings (SSSR count). The van der Waals surface area contributed by atoms with Crippen LogP contribution < -0.4 is 4.72 Å². The SMILES string of the molecule is CS(=O)(=O)NC1CCCN(C(=O)C2CC2c2ccccc2-c2cc(F)ccc2F)CC1. The van der Waals surface area contributed by atoms with E-state index in [0.29, 0.717) is 37.9 Å². The van der Waals surface area contributed by atoms with Crippen LogP contribution in [0.25, 0.3) is 11.1 Å². The Balaban J connectivity index is 1.47. The fourth-order valence-corrected chi connectivity index (χ4v) is 5.39. The summed E-state index contributed by atoms with van der Waals surface area (Å²) >= 11 is 0. The van der Waals surface area contributed by atoms with Crippen LogP contribution in [0.15, 0.2) is 42.5 Å². The molecule has 166 valence electrons. The predicted molar refractivity (Wildman–Crippen MR) is 115 cm³/mol. The molecule has 2 fully saturated rings. The van der Waals surface area contributed by atoms with Crippen molar-refractivity contribution in [2.75, 3.05) is 19.3 Å². The molecule has 1 aliphatic carbocycles. The fourth-order valence-electron chi connectivity index (χ4n) is 4.55. The van der Waals surface area contributed by atoms with Gasteiger partial charge in [-0.05, 0) is 60.9 Å². The topological polar surface area (TPSA) is 66.5 Å². The summed E-state index contributed by atoms with van der Waals surface area (Å²) in [6.45, 7) is 1.11. The van der Waals surface area contributed by atoms with E-state index in [9.17, 15) is 22.0 Å². The Morgan fingerprint density at radius 1 is 1.06 bits per heavy atom. The number of hydrogen-bond donors (Lipinski definition) is 1. The number of amides is 1. The smallest absolute Gasteiger partial charge is 0.226 e. The normalized spacial score (nSPS) is 24.0. The maximum atomic E-state index is 14.4. The van der Waals surface area contributed by atoms with Crippen molar-refractivity contribution < 1.29 is 22.0 Å². The lowest BCUT2D eigenvalue weighted by Crippen LogP contribution is -2.36.